The molecule has 16 heteroatoms. The number of rotatable bonds is 7. The molecule has 1 aromatic heterocycles. The first-order valence-electron chi connectivity index (χ1n) is 13.2. The van der Waals surface area contributed by atoms with Gasteiger partial charge < -0.3 is 50.0 Å². The fraction of sp³-hybridized carbons (Fsp3) is 0.600. The molecule has 3 aliphatic rings. The van der Waals surface area contributed by atoms with Crippen LogP contribution in [0.3, 0.4) is 0 Å². The maximum absolute atomic E-state index is 13.2. The maximum atomic E-state index is 13.2. The van der Waals surface area contributed by atoms with Crippen molar-refractivity contribution in [3.63, 3.8) is 0 Å². The Hall–Kier alpha value is -2.27. The quantitative estimate of drug-likeness (QED) is 0.166. The number of hydrogen-bond acceptors (Lipinski definition) is 12. The Kier molecular flexibility index (Phi) is 8.42. The standard InChI is InChI=1S/C25H35N4O11P/c1-11-6-16(25(33)24(37-11)38-23-21(32)18(26-2)20(31)19(27-3)22(23)39-25)29-17(30)9-14-7-13-8-15(40-41(34,35)36)5-4-12(13)10-28-14/h4-5,7-8,10-11,16,18-24,26-27,31-33H,6,9H2,1-3H3,(H,29,30)(H2,34,35,36)/t11-,16-,18-,19+,20+,21+,22-,23-,24+,25+/m1/s1. The molecule has 15 nitrogen and oxygen atoms in total. The SMILES string of the molecule is CN[C@@H]1[C@H](O)[C@H](NC)[C@H]2O[C@]3(O)[C@H](O[C@@H]2[C@H]1O)O[C@H](C)C[C@H]3NC(=O)Cc1cc2cc(OP(=O)(O)O)ccc2cn1. The van der Waals surface area contributed by atoms with E-state index in [0.717, 1.165) is 0 Å². The molecule has 1 amide bonds. The van der Waals surface area contributed by atoms with Crippen molar-refractivity contribution in [1.82, 2.24) is 20.9 Å². The number of phosphoric acid groups is 1. The van der Waals surface area contributed by atoms with Crippen LogP contribution in [0.1, 0.15) is 19.0 Å². The first kappa shape index (κ1) is 30.2. The summed E-state index contributed by atoms with van der Waals surface area (Å²) in [5.41, 5.74) is 0.361. The molecule has 2 saturated heterocycles. The Morgan fingerprint density at radius 3 is 2.51 bits per heavy atom. The number of amides is 1. The summed E-state index contributed by atoms with van der Waals surface area (Å²) in [7, 11) is -1.52. The maximum Gasteiger partial charge on any atom is 0.524 e. The highest BCUT2D eigenvalue weighted by Gasteiger charge is 2.63. The van der Waals surface area contributed by atoms with E-state index in [1.807, 2.05) is 0 Å². The van der Waals surface area contributed by atoms with Crippen LogP contribution < -0.4 is 20.5 Å². The van der Waals surface area contributed by atoms with Gasteiger partial charge >= 0.3 is 7.82 Å². The molecule has 1 saturated carbocycles. The second kappa shape index (κ2) is 11.4. The monoisotopic (exact) mass is 598 g/mol. The van der Waals surface area contributed by atoms with Crippen molar-refractivity contribution in [3.05, 3.63) is 36.2 Å². The van der Waals surface area contributed by atoms with E-state index in [2.05, 4.69) is 25.5 Å². The number of aliphatic hydroxyl groups excluding tert-OH is 2. The summed E-state index contributed by atoms with van der Waals surface area (Å²) < 4.78 is 33.8. The van der Waals surface area contributed by atoms with Crippen LogP contribution in [0.25, 0.3) is 10.8 Å². The zero-order valence-corrected chi connectivity index (χ0v) is 23.5. The smallest absolute Gasteiger partial charge is 0.404 e. The van der Waals surface area contributed by atoms with Gasteiger partial charge in [-0.1, -0.05) is 0 Å². The summed E-state index contributed by atoms with van der Waals surface area (Å²) in [5.74, 6) is -2.65. The highest BCUT2D eigenvalue weighted by atomic mass is 31.2. The van der Waals surface area contributed by atoms with Crippen molar-refractivity contribution in [2.75, 3.05) is 14.1 Å². The third kappa shape index (κ3) is 5.98. The van der Waals surface area contributed by atoms with Crippen LogP contribution in [0.5, 0.6) is 5.75 Å². The number of nitrogens with one attached hydrogen (secondary N) is 3. The molecule has 0 radical (unpaired) electrons. The molecule has 226 valence electrons. The van der Waals surface area contributed by atoms with Crippen molar-refractivity contribution in [2.24, 2.45) is 0 Å². The van der Waals surface area contributed by atoms with E-state index < -0.39 is 74.5 Å². The Balaban J connectivity index is 1.34. The number of aromatic nitrogens is 1. The number of carbonyl (C=O) groups excluding carboxylic acids is 1. The zero-order chi connectivity index (χ0) is 29.7. The van der Waals surface area contributed by atoms with Crippen LogP contribution in [0.15, 0.2) is 30.5 Å². The molecule has 2 aromatic rings. The number of fused-ring (bicyclic) bond motifs is 3. The minimum absolute atomic E-state index is 0.0384. The van der Waals surface area contributed by atoms with Gasteiger partial charge in [-0.2, -0.15) is 0 Å². The van der Waals surface area contributed by atoms with Crippen LogP contribution in [0, 0.1) is 0 Å². The summed E-state index contributed by atoms with van der Waals surface area (Å²) in [4.78, 5) is 35.6. The number of pyridine rings is 1. The lowest BCUT2D eigenvalue weighted by atomic mass is 9.79. The van der Waals surface area contributed by atoms with Gasteiger partial charge in [0.25, 0.3) is 0 Å². The molecule has 0 spiro atoms. The summed E-state index contributed by atoms with van der Waals surface area (Å²) in [6.45, 7) is 1.75. The van der Waals surface area contributed by atoms with Gasteiger partial charge in [0, 0.05) is 11.6 Å². The molecular weight excluding hydrogens is 563 g/mol. The van der Waals surface area contributed by atoms with Crippen LogP contribution in [-0.2, 0) is 30.0 Å². The van der Waals surface area contributed by atoms with Gasteiger partial charge in [-0.25, -0.2) is 4.57 Å². The number of carbonyl (C=O) groups is 1. The Labute approximate surface area is 235 Å². The van der Waals surface area contributed by atoms with Crippen LogP contribution >= 0.6 is 7.82 Å². The summed E-state index contributed by atoms with van der Waals surface area (Å²) in [6.07, 6.45) is -4.41. The number of hydrogen-bond donors (Lipinski definition) is 8. The van der Waals surface area contributed by atoms with Crippen molar-refractivity contribution in [3.8, 4) is 5.75 Å². The van der Waals surface area contributed by atoms with E-state index in [9.17, 15) is 24.7 Å². The van der Waals surface area contributed by atoms with Gasteiger partial charge in [-0.15, -0.1) is 0 Å². The van der Waals surface area contributed by atoms with Gasteiger partial charge in [0.2, 0.25) is 18.0 Å². The van der Waals surface area contributed by atoms with Crippen molar-refractivity contribution >= 4 is 24.5 Å². The predicted octanol–water partition coefficient (Wildman–Crippen LogP) is -1.75. The molecule has 41 heavy (non-hydrogen) atoms. The topological polar surface area (TPSA) is 221 Å². The molecule has 5 rings (SSSR count). The average molecular weight is 599 g/mol. The second-order valence-corrected chi connectivity index (χ2v) is 11.8. The second-order valence-electron chi connectivity index (χ2n) is 10.6. The highest BCUT2D eigenvalue weighted by Crippen LogP contribution is 2.42. The minimum Gasteiger partial charge on any atom is -0.404 e. The van der Waals surface area contributed by atoms with Gasteiger partial charge in [-0.3, -0.25) is 19.6 Å². The molecule has 0 unspecified atom stereocenters. The molecule has 1 aromatic carbocycles. The summed E-state index contributed by atoms with van der Waals surface area (Å²) in [6, 6.07) is 3.59. The highest BCUT2D eigenvalue weighted by molar-refractivity contribution is 7.46. The van der Waals surface area contributed by atoms with Crippen molar-refractivity contribution < 1.29 is 53.2 Å². The number of phosphoric ester groups is 1. The predicted molar refractivity (Wildman–Crippen MR) is 141 cm³/mol. The third-order valence-electron chi connectivity index (χ3n) is 7.80. The summed E-state index contributed by atoms with van der Waals surface area (Å²) in [5, 5.41) is 43.3. The lowest BCUT2D eigenvalue weighted by molar-refractivity contribution is -0.449. The fourth-order valence-corrected chi connectivity index (χ4v) is 6.27. The normalized spacial score (nSPS) is 37.2. The molecule has 3 heterocycles. The Morgan fingerprint density at radius 2 is 1.83 bits per heavy atom. The van der Waals surface area contributed by atoms with E-state index in [4.69, 9.17) is 24.0 Å². The lowest BCUT2D eigenvalue weighted by Gasteiger charge is -2.58. The molecular formula is C25H35N4O11P. The van der Waals surface area contributed by atoms with E-state index >= 15 is 0 Å². The van der Waals surface area contributed by atoms with E-state index in [1.54, 1.807) is 33.2 Å². The van der Waals surface area contributed by atoms with Gasteiger partial charge in [0.1, 0.15) is 24.1 Å². The van der Waals surface area contributed by atoms with Crippen LogP contribution in [0.4, 0.5) is 0 Å². The first-order valence-corrected chi connectivity index (χ1v) is 14.7. The third-order valence-corrected chi connectivity index (χ3v) is 8.25. The Morgan fingerprint density at radius 1 is 1.10 bits per heavy atom. The lowest BCUT2D eigenvalue weighted by Crippen LogP contribution is -2.79. The van der Waals surface area contributed by atoms with Crippen LogP contribution in [-0.4, -0.2) is 111 Å². The van der Waals surface area contributed by atoms with E-state index in [1.165, 1.54) is 18.3 Å². The largest absolute Gasteiger partial charge is 0.524 e. The number of aliphatic hydroxyl groups is 3. The van der Waals surface area contributed by atoms with Crippen LogP contribution in [0.2, 0.25) is 0 Å². The van der Waals surface area contributed by atoms with E-state index in [-0.39, 0.29) is 18.6 Å². The fourth-order valence-electron chi connectivity index (χ4n) is 5.88. The number of benzene rings is 1. The van der Waals surface area contributed by atoms with E-state index in [0.29, 0.717) is 16.5 Å². The van der Waals surface area contributed by atoms with Gasteiger partial charge in [-0.05, 0) is 57.1 Å². The molecule has 2 aliphatic heterocycles. The summed E-state index contributed by atoms with van der Waals surface area (Å²) >= 11 is 0. The first-order chi connectivity index (χ1) is 19.3. The van der Waals surface area contributed by atoms with Gasteiger partial charge in [0.05, 0.1) is 42.4 Å². The molecule has 8 N–H and O–H groups in total. The number of ether oxygens (including phenoxy) is 3. The molecule has 10 atom stereocenters. The van der Waals surface area contributed by atoms with Crippen molar-refractivity contribution in [2.45, 2.75) is 80.5 Å². The zero-order valence-electron chi connectivity index (χ0n) is 22.6. The number of likely N-dealkylation sites (N-methyl/N-ethyl adjacent to an activating group) is 2. The number of nitrogens with zero attached hydrogens (tertiary/aromatic N) is 1. The Bertz CT molecular complexity index is 1330. The minimum atomic E-state index is -4.74. The van der Waals surface area contributed by atoms with Crippen molar-refractivity contribution in [1.29, 1.82) is 0 Å². The van der Waals surface area contributed by atoms with Gasteiger partial charge in [0.15, 0.2) is 0 Å². The average Bonchev–Trinajstić information content (AvgIpc) is 2.88. The molecule has 1 aliphatic carbocycles. The molecule has 3 fully saturated rings. The molecule has 0 bridgehead atoms.